The molecule has 0 aromatic heterocycles. The van der Waals surface area contributed by atoms with Crippen molar-refractivity contribution in [1.29, 1.82) is 0 Å². The van der Waals surface area contributed by atoms with E-state index in [1.807, 2.05) is 21.6 Å². The molecule has 2 saturated heterocycles. The van der Waals surface area contributed by atoms with Gasteiger partial charge in [-0.15, -0.1) is 0 Å². The van der Waals surface area contributed by atoms with Crippen molar-refractivity contribution in [3.63, 3.8) is 0 Å². The summed E-state index contributed by atoms with van der Waals surface area (Å²) in [6, 6.07) is 0. The van der Waals surface area contributed by atoms with Crippen molar-refractivity contribution in [2.45, 2.75) is 80.8 Å². The molecule has 2 aliphatic heterocycles. The molecule has 2 bridgehead atoms. The number of ether oxygens (including phenoxy) is 1. The van der Waals surface area contributed by atoms with E-state index in [2.05, 4.69) is 13.8 Å². The van der Waals surface area contributed by atoms with Crippen LogP contribution in [0.5, 0.6) is 0 Å². The Morgan fingerprint density at radius 2 is 1.92 bits per heavy atom. The molecular formula is C19H26O3S2. The largest absolute Gasteiger partial charge is 0.459 e. The van der Waals surface area contributed by atoms with Crippen molar-refractivity contribution in [1.82, 2.24) is 0 Å². The summed E-state index contributed by atoms with van der Waals surface area (Å²) < 4.78 is 6.06. The van der Waals surface area contributed by atoms with Crippen LogP contribution in [0.1, 0.15) is 65.2 Å². The van der Waals surface area contributed by atoms with Crippen molar-refractivity contribution in [2.75, 3.05) is 0 Å². The summed E-state index contributed by atoms with van der Waals surface area (Å²) in [7, 11) is 4.05. The van der Waals surface area contributed by atoms with Crippen LogP contribution in [0, 0.1) is 23.2 Å². The SMILES string of the molecule is C[C@]12CC[C@H]3[C@@H](CC[C@]45CC(=O)CC(SS4)[C@]35C)[C@@H]1CCC(=O)O2. The summed E-state index contributed by atoms with van der Waals surface area (Å²) >= 11 is 0. The van der Waals surface area contributed by atoms with Gasteiger partial charge in [0.15, 0.2) is 0 Å². The number of Topliss-reactive ketones (excluding diaryl/α,β-unsaturated/α-hetero) is 1. The van der Waals surface area contributed by atoms with E-state index in [4.69, 9.17) is 4.74 Å². The van der Waals surface area contributed by atoms with Crippen LogP contribution in [0.25, 0.3) is 0 Å². The predicted molar refractivity (Wildman–Crippen MR) is 96.7 cm³/mol. The number of esters is 1. The summed E-state index contributed by atoms with van der Waals surface area (Å²) in [5.74, 6) is 2.38. The molecule has 24 heavy (non-hydrogen) atoms. The number of carbonyl (C=O) groups excluding carboxylic acids is 2. The average molecular weight is 367 g/mol. The fourth-order valence-electron chi connectivity index (χ4n) is 7.02. The van der Waals surface area contributed by atoms with Crippen LogP contribution >= 0.6 is 21.6 Å². The number of rotatable bonds is 0. The first-order chi connectivity index (χ1) is 11.4. The van der Waals surface area contributed by atoms with Crippen molar-refractivity contribution < 1.29 is 14.3 Å². The van der Waals surface area contributed by atoms with Crippen molar-refractivity contribution >= 4 is 33.3 Å². The highest BCUT2D eigenvalue weighted by atomic mass is 33.1. The molecule has 0 aromatic carbocycles. The molecule has 3 aliphatic carbocycles. The number of carbonyl (C=O) groups is 2. The molecule has 0 aromatic rings. The lowest BCUT2D eigenvalue weighted by Gasteiger charge is -2.63. The smallest absolute Gasteiger partial charge is 0.306 e. The van der Waals surface area contributed by atoms with Crippen LogP contribution in [0.2, 0.25) is 0 Å². The van der Waals surface area contributed by atoms with Gasteiger partial charge < -0.3 is 4.74 Å². The van der Waals surface area contributed by atoms with Crippen LogP contribution in [0.4, 0.5) is 0 Å². The molecule has 132 valence electrons. The molecular weight excluding hydrogens is 340 g/mol. The van der Waals surface area contributed by atoms with Gasteiger partial charge in [-0.1, -0.05) is 28.5 Å². The molecule has 7 atom stereocenters. The fraction of sp³-hybridized carbons (Fsp3) is 0.895. The number of fused-ring (bicyclic) bond motifs is 3. The Kier molecular flexibility index (Phi) is 3.32. The number of ketones is 1. The highest BCUT2D eigenvalue weighted by molar-refractivity contribution is 8.78. The van der Waals surface area contributed by atoms with E-state index in [0.29, 0.717) is 35.2 Å². The Morgan fingerprint density at radius 1 is 1.08 bits per heavy atom. The van der Waals surface area contributed by atoms with Crippen molar-refractivity contribution in [3.8, 4) is 0 Å². The van der Waals surface area contributed by atoms with Crippen LogP contribution in [0.15, 0.2) is 0 Å². The zero-order chi connectivity index (χ0) is 16.7. The molecule has 0 N–H and O–H groups in total. The molecule has 3 nitrogen and oxygen atoms in total. The van der Waals surface area contributed by atoms with E-state index >= 15 is 0 Å². The van der Waals surface area contributed by atoms with Crippen molar-refractivity contribution in [3.05, 3.63) is 0 Å². The minimum Gasteiger partial charge on any atom is -0.459 e. The Hall–Kier alpha value is -0.160. The maximum Gasteiger partial charge on any atom is 0.306 e. The molecule has 2 heterocycles. The maximum absolute atomic E-state index is 12.3. The van der Waals surface area contributed by atoms with Gasteiger partial charge in [0.25, 0.3) is 0 Å². The zero-order valence-electron chi connectivity index (χ0n) is 14.5. The zero-order valence-corrected chi connectivity index (χ0v) is 16.1. The van der Waals surface area contributed by atoms with E-state index in [9.17, 15) is 9.59 Å². The normalized spacial score (nSPS) is 56.1. The molecule has 5 fully saturated rings. The first kappa shape index (κ1) is 16.0. The van der Waals surface area contributed by atoms with E-state index in [-0.39, 0.29) is 21.7 Å². The molecule has 5 heteroatoms. The Labute approximate surface area is 151 Å². The summed E-state index contributed by atoms with van der Waals surface area (Å²) in [6.07, 6.45) is 7.71. The van der Waals surface area contributed by atoms with Gasteiger partial charge >= 0.3 is 5.97 Å². The third kappa shape index (κ3) is 1.84. The summed E-state index contributed by atoms with van der Waals surface area (Å²) in [5, 5.41) is 0.493. The van der Waals surface area contributed by atoms with Crippen molar-refractivity contribution in [2.24, 2.45) is 23.2 Å². The third-order valence-electron chi connectivity index (χ3n) is 8.30. The Morgan fingerprint density at radius 3 is 2.75 bits per heavy atom. The Bertz CT molecular complexity index is 622. The minimum atomic E-state index is -0.235. The summed E-state index contributed by atoms with van der Waals surface area (Å²) in [5.41, 5.74) is 0.0448. The standard InChI is InChI=1S/C19H26O3S2/c1-17-7-6-14-12(13(17)3-4-16(21)22-17)5-8-19-10-11(20)9-15(23-24-19)18(14,19)2/h12-15H,3-10H2,1-2H3/t12-,13-,14-,15?,17-,18-,19+/m0/s1. The second-order valence-corrected chi connectivity index (χ2v) is 11.9. The first-order valence-electron chi connectivity index (χ1n) is 9.46. The summed E-state index contributed by atoms with van der Waals surface area (Å²) in [6.45, 7) is 4.69. The lowest BCUT2D eigenvalue weighted by molar-refractivity contribution is -0.199. The summed E-state index contributed by atoms with van der Waals surface area (Å²) in [4.78, 5) is 24.2. The molecule has 0 radical (unpaired) electrons. The molecule has 1 unspecified atom stereocenters. The van der Waals surface area contributed by atoms with Gasteiger partial charge in [0, 0.05) is 35.2 Å². The highest BCUT2D eigenvalue weighted by Crippen LogP contribution is 2.76. The molecule has 5 rings (SSSR count). The quantitative estimate of drug-likeness (QED) is 0.470. The fourth-order valence-corrected chi connectivity index (χ4v) is 11.8. The van der Waals surface area contributed by atoms with Gasteiger partial charge in [-0.2, -0.15) is 0 Å². The van der Waals surface area contributed by atoms with Gasteiger partial charge in [-0.25, -0.2) is 0 Å². The maximum atomic E-state index is 12.3. The molecule has 0 amide bonds. The van der Waals surface area contributed by atoms with Gasteiger partial charge in [0.05, 0.1) is 0 Å². The number of hydrogen-bond donors (Lipinski definition) is 0. The van der Waals surface area contributed by atoms with Crippen LogP contribution in [0.3, 0.4) is 0 Å². The topological polar surface area (TPSA) is 43.4 Å². The van der Waals surface area contributed by atoms with E-state index in [1.54, 1.807) is 0 Å². The molecule has 5 aliphatic rings. The molecule has 0 spiro atoms. The second kappa shape index (κ2) is 4.97. The van der Waals surface area contributed by atoms with Crippen LogP contribution in [-0.2, 0) is 14.3 Å². The van der Waals surface area contributed by atoms with Gasteiger partial charge in [-0.05, 0) is 56.3 Å². The Balaban J connectivity index is 1.52. The minimum absolute atomic E-state index is 0.000125. The lowest BCUT2D eigenvalue weighted by atomic mass is 9.45. The van der Waals surface area contributed by atoms with Crippen LogP contribution < -0.4 is 0 Å². The lowest BCUT2D eigenvalue weighted by Crippen LogP contribution is -2.64. The highest BCUT2D eigenvalue weighted by Gasteiger charge is 2.70. The molecule has 3 saturated carbocycles. The predicted octanol–water partition coefficient (Wildman–Crippen LogP) is 4.39. The van der Waals surface area contributed by atoms with E-state index in [1.165, 1.54) is 12.8 Å². The average Bonchev–Trinajstić information content (AvgIpc) is 2.68. The van der Waals surface area contributed by atoms with E-state index in [0.717, 1.165) is 32.1 Å². The van der Waals surface area contributed by atoms with Gasteiger partial charge in [-0.3, -0.25) is 9.59 Å². The monoisotopic (exact) mass is 366 g/mol. The van der Waals surface area contributed by atoms with Gasteiger partial charge in [0.2, 0.25) is 0 Å². The second-order valence-electron chi connectivity index (χ2n) is 9.14. The third-order valence-corrected chi connectivity index (χ3v) is 12.3. The van der Waals surface area contributed by atoms with Gasteiger partial charge in [0.1, 0.15) is 11.4 Å². The first-order valence-corrected chi connectivity index (χ1v) is 11.7. The van der Waals surface area contributed by atoms with Crippen LogP contribution in [-0.4, -0.2) is 27.4 Å². The number of hydrogen-bond acceptors (Lipinski definition) is 5. The van der Waals surface area contributed by atoms with E-state index < -0.39 is 0 Å².